The van der Waals surface area contributed by atoms with Crippen molar-refractivity contribution in [3.63, 3.8) is 0 Å². The van der Waals surface area contributed by atoms with Crippen LogP contribution >= 0.6 is 0 Å². The van der Waals surface area contributed by atoms with Crippen molar-refractivity contribution in [1.29, 1.82) is 0 Å². The Balaban J connectivity index is 3.21. The molecule has 0 spiro atoms. The largest absolute Gasteiger partial charge is 0.518 e. The summed E-state index contributed by atoms with van der Waals surface area (Å²) in [6.07, 6.45) is 0. The lowest BCUT2D eigenvalue weighted by atomic mass is 10.7. The zero-order chi connectivity index (χ0) is 19.2. The Kier molecular flexibility index (Phi) is 13.7. The molecule has 0 rings (SSSR count). The van der Waals surface area contributed by atoms with Gasteiger partial charge in [-0.15, -0.1) is 0 Å². The van der Waals surface area contributed by atoms with Crippen LogP contribution in [-0.2, 0) is 32.6 Å². The number of hydrogen-bond acceptors (Lipinski definition) is 7. The third-order valence-corrected chi connectivity index (χ3v) is 4.43. The molecule has 0 aliphatic carbocycles. The van der Waals surface area contributed by atoms with Gasteiger partial charge in [0.25, 0.3) is 0 Å². The lowest BCUT2D eigenvalue weighted by Gasteiger charge is -2.17. The van der Waals surface area contributed by atoms with Crippen LogP contribution in [0.5, 0.6) is 0 Å². The van der Waals surface area contributed by atoms with E-state index in [1.54, 1.807) is 0 Å². The second-order valence-corrected chi connectivity index (χ2v) is 16.4. The van der Waals surface area contributed by atoms with E-state index in [-0.39, 0.29) is 12.6 Å². The standard InChI is InChI=1S/C16H36O7Si2/c1-24(2,3)22-14-13-20-10-9-18-7-8-19-11-12-21-15-16(17)23-25(4,5)6/h7-15H2,1-6H3. The Labute approximate surface area is 154 Å². The summed E-state index contributed by atoms with van der Waals surface area (Å²) in [5.74, 6) is -0.308. The average molecular weight is 397 g/mol. The van der Waals surface area contributed by atoms with Crippen LogP contribution in [0.25, 0.3) is 0 Å². The van der Waals surface area contributed by atoms with E-state index in [9.17, 15) is 4.79 Å². The Morgan fingerprint density at radius 3 is 1.40 bits per heavy atom. The SMILES string of the molecule is C[Si](C)(C)OCCOCCOCCOCCOCC(=O)O[Si](C)(C)C. The summed E-state index contributed by atoms with van der Waals surface area (Å²) in [5.41, 5.74) is 0. The lowest BCUT2D eigenvalue weighted by molar-refractivity contribution is -0.140. The zero-order valence-electron chi connectivity index (χ0n) is 16.7. The van der Waals surface area contributed by atoms with Crippen LogP contribution in [0.15, 0.2) is 0 Å². The maximum atomic E-state index is 11.4. The first-order chi connectivity index (χ1) is 11.6. The molecule has 0 radical (unpaired) electrons. The molecule has 0 aliphatic rings. The second-order valence-electron chi connectivity index (χ2n) is 7.44. The summed E-state index contributed by atoms with van der Waals surface area (Å²) in [6, 6.07) is 0. The number of ether oxygens (including phenoxy) is 4. The van der Waals surface area contributed by atoms with Gasteiger partial charge in [0.2, 0.25) is 8.32 Å². The molecule has 7 nitrogen and oxygen atoms in total. The van der Waals surface area contributed by atoms with Crippen LogP contribution in [0.1, 0.15) is 0 Å². The highest BCUT2D eigenvalue weighted by Crippen LogP contribution is 2.03. The molecule has 0 aromatic rings. The number of rotatable bonds is 16. The third kappa shape index (κ3) is 21.7. The van der Waals surface area contributed by atoms with E-state index < -0.39 is 16.6 Å². The smallest absolute Gasteiger partial charge is 0.318 e. The van der Waals surface area contributed by atoms with Crippen molar-refractivity contribution in [2.45, 2.75) is 39.3 Å². The van der Waals surface area contributed by atoms with Gasteiger partial charge in [-0.2, -0.15) is 0 Å². The zero-order valence-corrected chi connectivity index (χ0v) is 18.7. The quantitative estimate of drug-likeness (QED) is 0.293. The molecule has 150 valence electrons. The van der Waals surface area contributed by atoms with Gasteiger partial charge in [0.1, 0.15) is 6.61 Å². The van der Waals surface area contributed by atoms with Crippen molar-refractivity contribution in [2.75, 3.05) is 59.5 Å². The molecule has 0 amide bonds. The van der Waals surface area contributed by atoms with Gasteiger partial charge >= 0.3 is 5.97 Å². The maximum absolute atomic E-state index is 11.4. The van der Waals surface area contributed by atoms with E-state index in [1.165, 1.54) is 0 Å². The van der Waals surface area contributed by atoms with Gasteiger partial charge in [-0.05, 0) is 39.3 Å². The maximum Gasteiger partial charge on any atom is 0.318 e. The minimum atomic E-state index is -1.83. The van der Waals surface area contributed by atoms with Gasteiger partial charge < -0.3 is 27.8 Å². The summed E-state index contributed by atoms with van der Waals surface area (Å²) < 4.78 is 32.3. The normalized spacial score (nSPS) is 12.4. The molecule has 25 heavy (non-hydrogen) atoms. The number of carbonyl (C=O) groups is 1. The predicted octanol–water partition coefficient (Wildman–Crippen LogP) is 2.28. The Hall–Kier alpha value is -0.296. The molecule has 0 atom stereocenters. The van der Waals surface area contributed by atoms with E-state index in [1.807, 2.05) is 19.6 Å². The van der Waals surface area contributed by atoms with Gasteiger partial charge in [-0.1, -0.05) is 0 Å². The van der Waals surface area contributed by atoms with Gasteiger partial charge in [-0.3, -0.25) is 4.79 Å². The van der Waals surface area contributed by atoms with Crippen LogP contribution in [0.4, 0.5) is 0 Å². The molecule has 0 aliphatic heterocycles. The predicted molar refractivity (Wildman–Crippen MR) is 102 cm³/mol. The lowest BCUT2D eigenvalue weighted by Crippen LogP contribution is -2.31. The van der Waals surface area contributed by atoms with Gasteiger partial charge in [0, 0.05) is 0 Å². The monoisotopic (exact) mass is 396 g/mol. The number of hydrogen-bond donors (Lipinski definition) is 0. The first-order valence-electron chi connectivity index (χ1n) is 8.77. The first-order valence-corrected chi connectivity index (χ1v) is 15.6. The molecular formula is C16H36O7Si2. The molecule has 0 aromatic carbocycles. The minimum Gasteiger partial charge on any atom is -0.518 e. The Morgan fingerprint density at radius 1 is 0.600 bits per heavy atom. The first kappa shape index (κ1) is 24.7. The summed E-state index contributed by atoms with van der Waals surface area (Å²) in [7, 11) is -3.26. The third-order valence-electron chi connectivity index (χ3n) is 2.52. The van der Waals surface area contributed by atoms with Crippen molar-refractivity contribution in [1.82, 2.24) is 0 Å². The molecular weight excluding hydrogens is 360 g/mol. The minimum absolute atomic E-state index is 0.0249. The Morgan fingerprint density at radius 2 is 1.00 bits per heavy atom. The van der Waals surface area contributed by atoms with Crippen molar-refractivity contribution < 1.29 is 32.6 Å². The van der Waals surface area contributed by atoms with E-state index in [0.29, 0.717) is 52.9 Å². The van der Waals surface area contributed by atoms with Crippen molar-refractivity contribution >= 4 is 22.6 Å². The van der Waals surface area contributed by atoms with E-state index in [2.05, 4.69) is 19.6 Å². The number of carbonyl (C=O) groups excluding carboxylic acids is 1. The highest BCUT2D eigenvalue weighted by Gasteiger charge is 2.19. The molecule has 0 N–H and O–H groups in total. The topological polar surface area (TPSA) is 72.5 Å². The van der Waals surface area contributed by atoms with Gasteiger partial charge in [-0.25, -0.2) is 0 Å². The molecule has 9 heteroatoms. The molecule has 0 saturated carbocycles. The van der Waals surface area contributed by atoms with Crippen molar-refractivity contribution in [2.24, 2.45) is 0 Å². The molecule has 0 aromatic heterocycles. The highest BCUT2D eigenvalue weighted by atomic mass is 28.4. The highest BCUT2D eigenvalue weighted by molar-refractivity contribution is 6.71. The summed E-state index contributed by atoms with van der Waals surface area (Å²) >= 11 is 0. The van der Waals surface area contributed by atoms with Gasteiger partial charge in [0.05, 0.1) is 52.9 Å². The molecule has 0 unspecified atom stereocenters. The summed E-state index contributed by atoms with van der Waals surface area (Å²) in [4.78, 5) is 11.4. The van der Waals surface area contributed by atoms with Crippen molar-refractivity contribution in [3.05, 3.63) is 0 Å². The van der Waals surface area contributed by atoms with Crippen LogP contribution < -0.4 is 0 Å². The fraction of sp³-hybridized carbons (Fsp3) is 0.938. The van der Waals surface area contributed by atoms with Crippen LogP contribution in [0.3, 0.4) is 0 Å². The average Bonchev–Trinajstić information content (AvgIpc) is 2.44. The summed E-state index contributed by atoms with van der Waals surface area (Å²) in [5, 5.41) is 0. The van der Waals surface area contributed by atoms with Gasteiger partial charge in [0.15, 0.2) is 8.32 Å². The van der Waals surface area contributed by atoms with Crippen LogP contribution in [-0.4, -0.2) is 82.1 Å². The fourth-order valence-corrected chi connectivity index (χ4v) is 3.03. The fourth-order valence-electron chi connectivity index (χ4n) is 1.59. The van der Waals surface area contributed by atoms with E-state index >= 15 is 0 Å². The van der Waals surface area contributed by atoms with Crippen molar-refractivity contribution in [3.8, 4) is 0 Å². The van der Waals surface area contributed by atoms with Crippen LogP contribution in [0.2, 0.25) is 39.3 Å². The second kappa shape index (κ2) is 13.8. The van der Waals surface area contributed by atoms with E-state index in [4.69, 9.17) is 27.8 Å². The van der Waals surface area contributed by atoms with Crippen LogP contribution in [0, 0.1) is 0 Å². The van der Waals surface area contributed by atoms with E-state index in [0.717, 1.165) is 0 Å². The molecule has 0 heterocycles. The molecule has 0 fully saturated rings. The Bertz CT molecular complexity index is 340. The molecule has 0 bridgehead atoms. The summed E-state index contributed by atoms with van der Waals surface area (Å²) in [6.45, 7) is 16.4. The molecule has 0 saturated heterocycles.